The Bertz CT molecular complexity index is 485. The van der Waals surface area contributed by atoms with Gasteiger partial charge in [0.05, 0.1) is 12.0 Å². The van der Waals surface area contributed by atoms with Crippen molar-refractivity contribution in [2.24, 2.45) is 0 Å². The lowest BCUT2D eigenvalue weighted by atomic mass is 10.1. The predicted molar refractivity (Wildman–Crippen MR) is 78.9 cm³/mol. The maximum Gasteiger partial charge on any atom is 0.311 e. The third-order valence-electron chi connectivity index (χ3n) is 2.66. The first-order valence-electron chi connectivity index (χ1n) is 6.61. The lowest BCUT2D eigenvalue weighted by Crippen LogP contribution is -2.42. The molecule has 0 saturated heterocycles. The fraction of sp³-hybridized carbons (Fsp3) is 0.571. The highest BCUT2D eigenvalue weighted by atomic mass is 16.6. The van der Waals surface area contributed by atoms with Crippen LogP contribution in [0.3, 0.4) is 0 Å². The molecule has 0 saturated carbocycles. The molecule has 7 heteroatoms. The zero-order valence-corrected chi connectivity index (χ0v) is 12.8. The monoisotopic (exact) mass is 298 g/mol. The van der Waals surface area contributed by atoms with E-state index >= 15 is 0 Å². The maximum absolute atomic E-state index is 10.9. The van der Waals surface area contributed by atoms with Crippen LogP contribution in [0.15, 0.2) is 18.2 Å². The summed E-state index contributed by atoms with van der Waals surface area (Å²) in [6, 6.07) is 4.23. The molecule has 1 atom stereocenters. The molecular weight excluding hydrogens is 276 g/mol. The van der Waals surface area contributed by atoms with Crippen LogP contribution in [-0.2, 0) is 0 Å². The molecule has 0 heterocycles. The normalized spacial score (nSPS) is 12.8. The molecule has 1 unspecified atom stereocenters. The van der Waals surface area contributed by atoms with E-state index in [2.05, 4.69) is 5.32 Å². The highest BCUT2D eigenvalue weighted by molar-refractivity contribution is 5.50. The van der Waals surface area contributed by atoms with Crippen LogP contribution >= 0.6 is 0 Å². The van der Waals surface area contributed by atoms with Crippen molar-refractivity contribution < 1.29 is 19.5 Å². The van der Waals surface area contributed by atoms with E-state index in [0.29, 0.717) is 12.3 Å². The number of hydrogen-bond donors (Lipinski definition) is 2. The van der Waals surface area contributed by atoms with Gasteiger partial charge in [-0.1, -0.05) is 0 Å². The number of ether oxygens (including phenoxy) is 2. The summed E-state index contributed by atoms with van der Waals surface area (Å²) in [6.45, 7) is 6.23. The molecule has 118 valence electrons. The summed E-state index contributed by atoms with van der Waals surface area (Å²) in [5.74, 6) is 0.534. The number of β-amino-alcohol motifs (C(OH)–C–C–N with tert-alkyl or cyclic N) is 1. The summed E-state index contributed by atoms with van der Waals surface area (Å²) in [5, 5.41) is 23.9. The van der Waals surface area contributed by atoms with Gasteiger partial charge in [-0.05, 0) is 26.8 Å². The lowest BCUT2D eigenvalue weighted by molar-refractivity contribution is -0.385. The minimum atomic E-state index is -0.768. The number of nitrogens with one attached hydrogen (secondary N) is 1. The molecule has 2 N–H and O–H groups in total. The number of aliphatic hydroxyl groups excluding tert-OH is 1. The molecule has 0 radical (unpaired) electrons. The quantitative estimate of drug-likeness (QED) is 0.588. The smallest absolute Gasteiger partial charge is 0.311 e. The topological polar surface area (TPSA) is 93.9 Å². The predicted octanol–water partition coefficient (Wildman–Crippen LogP) is 1.73. The summed E-state index contributed by atoms with van der Waals surface area (Å²) in [7, 11) is 1.47. The largest absolute Gasteiger partial charge is 0.497 e. The highest BCUT2D eigenvalue weighted by Crippen LogP contribution is 2.31. The summed E-state index contributed by atoms with van der Waals surface area (Å²) in [6.07, 6.45) is -0.768. The van der Waals surface area contributed by atoms with Crippen LogP contribution in [-0.4, -0.2) is 41.9 Å². The van der Waals surface area contributed by atoms with Gasteiger partial charge in [-0.3, -0.25) is 10.1 Å². The van der Waals surface area contributed by atoms with E-state index in [9.17, 15) is 15.2 Å². The van der Waals surface area contributed by atoms with E-state index in [1.165, 1.54) is 25.3 Å². The third kappa shape index (κ3) is 5.97. The van der Waals surface area contributed by atoms with Crippen molar-refractivity contribution in [3.63, 3.8) is 0 Å². The second kappa shape index (κ2) is 7.24. The Hall–Kier alpha value is -1.86. The molecule has 1 aromatic rings. The highest BCUT2D eigenvalue weighted by Gasteiger charge is 2.18. The van der Waals surface area contributed by atoms with Crippen molar-refractivity contribution in [1.82, 2.24) is 5.32 Å². The van der Waals surface area contributed by atoms with Gasteiger partial charge in [-0.2, -0.15) is 0 Å². The molecule has 0 spiro atoms. The number of benzene rings is 1. The number of methoxy groups -OCH3 is 1. The van der Waals surface area contributed by atoms with Gasteiger partial charge in [-0.15, -0.1) is 0 Å². The Balaban J connectivity index is 2.67. The average molecular weight is 298 g/mol. The van der Waals surface area contributed by atoms with Crippen molar-refractivity contribution in [3.8, 4) is 11.5 Å². The van der Waals surface area contributed by atoms with Gasteiger partial charge in [-0.25, -0.2) is 0 Å². The van der Waals surface area contributed by atoms with Crippen LogP contribution in [0.5, 0.6) is 11.5 Å². The molecular formula is C14H22N2O5. The first kappa shape index (κ1) is 17.2. The molecule has 0 aliphatic rings. The molecule has 21 heavy (non-hydrogen) atoms. The summed E-state index contributed by atoms with van der Waals surface area (Å²) in [4.78, 5) is 10.4. The van der Waals surface area contributed by atoms with Crippen molar-refractivity contribution in [2.45, 2.75) is 32.4 Å². The van der Waals surface area contributed by atoms with Gasteiger partial charge in [0.1, 0.15) is 18.5 Å². The summed E-state index contributed by atoms with van der Waals surface area (Å²) < 4.78 is 10.4. The first-order valence-corrected chi connectivity index (χ1v) is 6.61. The van der Waals surface area contributed by atoms with Crippen LogP contribution < -0.4 is 14.8 Å². The molecule has 0 aliphatic heterocycles. The minimum absolute atomic E-state index is 0.0446. The fourth-order valence-corrected chi connectivity index (χ4v) is 1.56. The average Bonchev–Trinajstić information content (AvgIpc) is 2.41. The van der Waals surface area contributed by atoms with E-state index in [0.717, 1.165) is 0 Å². The maximum atomic E-state index is 10.9. The van der Waals surface area contributed by atoms with Crippen molar-refractivity contribution in [3.05, 3.63) is 28.3 Å². The molecule has 0 amide bonds. The Morgan fingerprint density at radius 1 is 1.43 bits per heavy atom. The zero-order chi connectivity index (χ0) is 16.0. The number of nitro groups is 1. The van der Waals surface area contributed by atoms with Gasteiger partial charge in [0.2, 0.25) is 5.75 Å². The Labute approximate surface area is 124 Å². The molecule has 0 aromatic heterocycles. The van der Waals surface area contributed by atoms with Crippen LogP contribution in [0.4, 0.5) is 5.69 Å². The molecule has 1 rings (SSSR count). The molecule has 0 fully saturated rings. The van der Waals surface area contributed by atoms with Crippen LogP contribution in [0.25, 0.3) is 0 Å². The van der Waals surface area contributed by atoms with Gasteiger partial charge < -0.3 is 19.9 Å². The lowest BCUT2D eigenvalue weighted by Gasteiger charge is -2.22. The van der Waals surface area contributed by atoms with Gasteiger partial charge in [0.25, 0.3) is 0 Å². The second-order valence-corrected chi connectivity index (χ2v) is 5.69. The van der Waals surface area contributed by atoms with Crippen molar-refractivity contribution in [1.29, 1.82) is 0 Å². The van der Waals surface area contributed by atoms with E-state index in [4.69, 9.17) is 9.47 Å². The Morgan fingerprint density at radius 3 is 2.62 bits per heavy atom. The molecule has 7 nitrogen and oxygen atoms in total. The van der Waals surface area contributed by atoms with Crippen LogP contribution in [0.2, 0.25) is 0 Å². The van der Waals surface area contributed by atoms with Gasteiger partial charge in [0, 0.05) is 24.2 Å². The Kier molecular flexibility index (Phi) is 5.92. The third-order valence-corrected chi connectivity index (χ3v) is 2.66. The van der Waals surface area contributed by atoms with Crippen LogP contribution in [0, 0.1) is 10.1 Å². The standard InChI is InChI=1S/C14H22N2O5/c1-14(2,3)15-8-10(17)9-21-13-7-11(20-4)5-6-12(13)16(18)19/h5-7,10,15,17H,8-9H2,1-4H3. The van der Waals surface area contributed by atoms with Crippen LogP contribution in [0.1, 0.15) is 20.8 Å². The minimum Gasteiger partial charge on any atom is -0.497 e. The van der Waals surface area contributed by atoms with Crippen molar-refractivity contribution in [2.75, 3.05) is 20.3 Å². The summed E-state index contributed by atoms with van der Waals surface area (Å²) >= 11 is 0. The zero-order valence-electron chi connectivity index (χ0n) is 12.8. The first-order chi connectivity index (χ1) is 9.73. The molecule has 0 aliphatic carbocycles. The van der Waals surface area contributed by atoms with E-state index < -0.39 is 11.0 Å². The fourth-order valence-electron chi connectivity index (χ4n) is 1.56. The number of rotatable bonds is 7. The number of hydrogen-bond acceptors (Lipinski definition) is 6. The van der Waals surface area contributed by atoms with E-state index in [1.54, 1.807) is 0 Å². The summed E-state index contributed by atoms with van der Waals surface area (Å²) in [5.41, 5.74) is -0.282. The van der Waals surface area contributed by atoms with Gasteiger partial charge in [0.15, 0.2) is 0 Å². The molecule has 0 bridgehead atoms. The van der Waals surface area contributed by atoms with Gasteiger partial charge >= 0.3 is 5.69 Å². The number of nitro benzene ring substituents is 1. The number of nitrogens with zero attached hydrogens (tertiary/aromatic N) is 1. The molecule has 1 aromatic carbocycles. The second-order valence-electron chi connectivity index (χ2n) is 5.69. The SMILES string of the molecule is COc1ccc([N+](=O)[O-])c(OCC(O)CNC(C)(C)C)c1. The Morgan fingerprint density at radius 2 is 2.10 bits per heavy atom. The van der Waals surface area contributed by atoms with E-state index in [-0.39, 0.29) is 23.6 Å². The number of aliphatic hydroxyl groups is 1. The van der Waals surface area contributed by atoms with E-state index in [1.807, 2.05) is 20.8 Å². The van der Waals surface area contributed by atoms with Crippen molar-refractivity contribution >= 4 is 5.69 Å².